The summed E-state index contributed by atoms with van der Waals surface area (Å²) < 4.78 is 6.63. The van der Waals surface area contributed by atoms with Crippen LogP contribution >= 0.6 is 0 Å². The molecular formula is C26H26N4O3. The number of hydrogen-bond donors (Lipinski definition) is 0. The smallest absolute Gasteiger partial charge is 0.278 e. The van der Waals surface area contributed by atoms with Crippen LogP contribution in [-0.2, 0) is 24.3 Å². The van der Waals surface area contributed by atoms with Gasteiger partial charge in [0.15, 0.2) is 0 Å². The topological polar surface area (TPSA) is 77.3 Å². The fourth-order valence-corrected chi connectivity index (χ4v) is 3.92. The van der Waals surface area contributed by atoms with Gasteiger partial charge in [-0.25, -0.2) is 4.68 Å². The van der Waals surface area contributed by atoms with Gasteiger partial charge in [0.05, 0.1) is 12.5 Å². The van der Waals surface area contributed by atoms with Gasteiger partial charge >= 0.3 is 0 Å². The highest BCUT2D eigenvalue weighted by atomic mass is 16.5. The van der Waals surface area contributed by atoms with Crippen LogP contribution in [0.4, 0.5) is 0 Å². The van der Waals surface area contributed by atoms with Crippen LogP contribution in [0.25, 0.3) is 10.9 Å². The summed E-state index contributed by atoms with van der Waals surface area (Å²) in [7, 11) is 1.64. The van der Waals surface area contributed by atoms with Crippen LogP contribution in [0.2, 0.25) is 0 Å². The fourth-order valence-electron chi connectivity index (χ4n) is 3.92. The van der Waals surface area contributed by atoms with Gasteiger partial charge in [0.2, 0.25) is 5.91 Å². The number of para-hydroxylation sites is 1. The maximum absolute atomic E-state index is 13.5. The molecule has 1 amide bonds. The summed E-state index contributed by atoms with van der Waals surface area (Å²) in [6.45, 7) is 2.24. The summed E-state index contributed by atoms with van der Waals surface area (Å²) in [6.07, 6.45) is 0.612. The molecule has 0 bridgehead atoms. The molecule has 0 aliphatic heterocycles. The highest BCUT2D eigenvalue weighted by Gasteiger charge is 2.23. The van der Waals surface area contributed by atoms with Crippen LogP contribution in [-0.4, -0.2) is 39.0 Å². The summed E-state index contributed by atoms with van der Waals surface area (Å²) in [4.78, 5) is 28.1. The molecule has 0 aliphatic carbocycles. The van der Waals surface area contributed by atoms with Gasteiger partial charge in [-0.2, -0.15) is 0 Å². The Labute approximate surface area is 192 Å². The summed E-state index contributed by atoms with van der Waals surface area (Å²) in [5.74, 6) is 0.584. The first-order valence-corrected chi connectivity index (χ1v) is 10.8. The second-order valence-electron chi connectivity index (χ2n) is 7.94. The number of carbonyl (C=O) groups is 1. The minimum atomic E-state index is -0.328. The third-order valence-corrected chi connectivity index (χ3v) is 5.67. The van der Waals surface area contributed by atoms with Gasteiger partial charge in [-0.1, -0.05) is 65.9 Å². The standard InChI is InChI=1S/C26H26N4O3/c1-19(16-21-12-6-9-15-24(21)33-2)29(17-20-10-4-3-5-11-20)25(31)18-30-26(32)22-13-7-8-14-23(22)27-28-30/h3-15,19H,16-18H2,1-2H3/t19-/m1/s1. The maximum Gasteiger partial charge on any atom is 0.278 e. The predicted molar refractivity (Wildman–Crippen MR) is 127 cm³/mol. The summed E-state index contributed by atoms with van der Waals surface area (Å²) in [5, 5.41) is 8.53. The van der Waals surface area contributed by atoms with Crippen molar-refractivity contribution in [3.63, 3.8) is 0 Å². The molecule has 0 saturated carbocycles. The SMILES string of the molecule is COc1ccccc1C[C@@H](C)N(Cc1ccccc1)C(=O)Cn1nnc2ccccc2c1=O. The van der Waals surface area contributed by atoms with E-state index in [4.69, 9.17) is 4.74 Å². The summed E-state index contributed by atoms with van der Waals surface area (Å²) >= 11 is 0. The van der Waals surface area contributed by atoms with Crippen molar-refractivity contribution in [1.29, 1.82) is 0 Å². The average molecular weight is 443 g/mol. The molecule has 0 spiro atoms. The van der Waals surface area contributed by atoms with Crippen molar-refractivity contribution in [2.75, 3.05) is 7.11 Å². The number of hydrogen-bond acceptors (Lipinski definition) is 5. The molecule has 7 heteroatoms. The molecule has 0 N–H and O–H groups in total. The number of amides is 1. The van der Waals surface area contributed by atoms with Crippen LogP contribution in [0.15, 0.2) is 83.7 Å². The average Bonchev–Trinajstić information content (AvgIpc) is 2.85. The van der Waals surface area contributed by atoms with E-state index in [-0.39, 0.29) is 24.1 Å². The predicted octanol–water partition coefficient (Wildman–Crippen LogP) is 3.46. The number of ether oxygens (including phenoxy) is 1. The Balaban J connectivity index is 1.62. The van der Waals surface area contributed by atoms with Gasteiger partial charge in [-0.15, -0.1) is 5.10 Å². The van der Waals surface area contributed by atoms with Crippen molar-refractivity contribution < 1.29 is 9.53 Å². The van der Waals surface area contributed by atoms with Crippen LogP contribution in [0.1, 0.15) is 18.1 Å². The third-order valence-electron chi connectivity index (χ3n) is 5.67. The second kappa shape index (κ2) is 10.1. The van der Waals surface area contributed by atoms with Gasteiger partial charge in [0.1, 0.15) is 17.8 Å². The zero-order chi connectivity index (χ0) is 23.2. The zero-order valence-electron chi connectivity index (χ0n) is 18.7. The first kappa shape index (κ1) is 22.2. The maximum atomic E-state index is 13.5. The van der Waals surface area contributed by atoms with Crippen molar-refractivity contribution >= 4 is 16.8 Å². The Morgan fingerprint density at radius 2 is 1.70 bits per heavy atom. The van der Waals surface area contributed by atoms with E-state index in [1.807, 2.05) is 61.5 Å². The summed E-state index contributed by atoms with van der Waals surface area (Å²) in [6, 6.07) is 24.4. The Hall–Kier alpha value is -4.00. The van der Waals surface area contributed by atoms with Crippen LogP contribution < -0.4 is 10.3 Å². The first-order chi connectivity index (χ1) is 16.1. The fraction of sp³-hybridized carbons (Fsp3) is 0.231. The molecule has 1 aromatic heterocycles. The lowest BCUT2D eigenvalue weighted by Gasteiger charge is -2.30. The van der Waals surface area contributed by atoms with Crippen LogP contribution in [0, 0.1) is 0 Å². The van der Waals surface area contributed by atoms with Crippen LogP contribution in [0.3, 0.4) is 0 Å². The van der Waals surface area contributed by atoms with Crippen molar-refractivity contribution in [2.45, 2.75) is 32.5 Å². The monoisotopic (exact) mass is 442 g/mol. The van der Waals surface area contributed by atoms with E-state index in [0.717, 1.165) is 21.6 Å². The van der Waals surface area contributed by atoms with Crippen molar-refractivity contribution in [1.82, 2.24) is 19.9 Å². The highest BCUT2D eigenvalue weighted by Crippen LogP contribution is 2.22. The Kier molecular flexibility index (Phi) is 6.78. The molecule has 1 heterocycles. The van der Waals surface area contributed by atoms with Gasteiger partial charge in [0, 0.05) is 12.6 Å². The summed E-state index contributed by atoms with van der Waals surface area (Å²) in [5.41, 5.74) is 2.21. The molecule has 0 unspecified atom stereocenters. The van der Waals surface area contributed by atoms with Crippen molar-refractivity contribution in [3.8, 4) is 5.75 Å². The lowest BCUT2D eigenvalue weighted by atomic mass is 10.0. The van der Waals surface area contributed by atoms with Crippen LogP contribution in [0.5, 0.6) is 5.75 Å². The molecule has 0 aliphatic rings. The zero-order valence-corrected chi connectivity index (χ0v) is 18.7. The van der Waals surface area contributed by atoms with Gasteiger partial charge in [-0.3, -0.25) is 9.59 Å². The number of fused-ring (bicyclic) bond motifs is 1. The van der Waals surface area contributed by atoms with E-state index >= 15 is 0 Å². The molecular weight excluding hydrogens is 416 g/mol. The molecule has 4 rings (SSSR count). The van der Waals surface area contributed by atoms with E-state index in [2.05, 4.69) is 10.3 Å². The molecule has 7 nitrogen and oxygen atoms in total. The highest BCUT2D eigenvalue weighted by molar-refractivity contribution is 5.78. The van der Waals surface area contributed by atoms with Gasteiger partial charge in [-0.05, 0) is 42.7 Å². The Bertz CT molecular complexity index is 1300. The molecule has 1 atom stereocenters. The van der Waals surface area contributed by atoms with E-state index < -0.39 is 0 Å². The molecule has 4 aromatic rings. The van der Waals surface area contributed by atoms with Crippen molar-refractivity contribution in [2.24, 2.45) is 0 Å². The molecule has 168 valence electrons. The number of nitrogens with zero attached hydrogens (tertiary/aromatic N) is 4. The first-order valence-electron chi connectivity index (χ1n) is 10.8. The number of carbonyl (C=O) groups excluding carboxylic acids is 1. The number of rotatable bonds is 8. The van der Waals surface area contributed by atoms with Gasteiger partial charge < -0.3 is 9.64 Å². The van der Waals surface area contributed by atoms with E-state index in [1.54, 1.807) is 36.3 Å². The normalized spacial score (nSPS) is 11.8. The minimum absolute atomic E-state index is 0.141. The Morgan fingerprint density at radius 1 is 1.00 bits per heavy atom. The van der Waals surface area contributed by atoms with E-state index in [1.165, 1.54) is 0 Å². The Morgan fingerprint density at radius 3 is 2.48 bits per heavy atom. The van der Waals surface area contributed by atoms with Crippen molar-refractivity contribution in [3.05, 3.63) is 100 Å². The lowest BCUT2D eigenvalue weighted by Crippen LogP contribution is -2.43. The van der Waals surface area contributed by atoms with E-state index in [0.29, 0.717) is 23.9 Å². The quantitative estimate of drug-likeness (QED) is 0.418. The largest absolute Gasteiger partial charge is 0.496 e. The number of benzene rings is 3. The number of methoxy groups -OCH3 is 1. The lowest BCUT2D eigenvalue weighted by molar-refractivity contribution is -0.134. The van der Waals surface area contributed by atoms with E-state index in [9.17, 15) is 9.59 Å². The number of aromatic nitrogens is 3. The second-order valence-corrected chi connectivity index (χ2v) is 7.94. The molecule has 33 heavy (non-hydrogen) atoms. The van der Waals surface area contributed by atoms with Gasteiger partial charge in [0.25, 0.3) is 5.56 Å². The molecule has 0 fully saturated rings. The molecule has 0 radical (unpaired) electrons. The molecule has 3 aromatic carbocycles. The molecule has 0 saturated heterocycles. The third kappa shape index (κ3) is 5.09. The minimum Gasteiger partial charge on any atom is -0.496 e.